The number of carbonyl (C=O) groups excluding carboxylic acids is 2. The van der Waals surface area contributed by atoms with Crippen LogP contribution in [0.25, 0.3) is 0 Å². The molecule has 0 atom stereocenters. The molecule has 16 heavy (non-hydrogen) atoms. The van der Waals surface area contributed by atoms with Gasteiger partial charge in [0.05, 0.1) is 19.2 Å². The topological polar surface area (TPSA) is 75.6 Å². The zero-order valence-electron chi connectivity index (χ0n) is 9.11. The maximum absolute atomic E-state index is 11.5. The summed E-state index contributed by atoms with van der Waals surface area (Å²) in [7, 11) is 1.46. The molecule has 0 spiro atoms. The van der Waals surface area contributed by atoms with E-state index in [4.69, 9.17) is 4.74 Å². The van der Waals surface area contributed by atoms with Crippen molar-refractivity contribution in [3.63, 3.8) is 0 Å². The Labute approximate surface area is 93.0 Å². The Morgan fingerprint density at radius 3 is 2.62 bits per heavy atom. The third-order valence-corrected chi connectivity index (χ3v) is 1.95. The van der Waals surface area contributed by atoms with Crippen LogP contribution in [-0.2, 0) is 4.79 Å². The van der Waals surface area contributed by atoms with Crippen LogP contribution in [0.4, 0.5) is 0 Å². The molecule has 0 heterocycles. The van der Waals surface area contributed by atoms with Crippen molar-refractivity contribution in [2.24, 2.45) is 0 Å². The minimum absolute atomic E-state index is 0.0513. The normalized spacial score (nSPS) is 9.62. The number of aromatic hydroxyl groups is 1. The van der Waals surface area contributed by atoms with Gasteiger partial charge in [-0.1, -0.05) is 0 Å². The van der Waals surface area contributed by atoms with Crippen LogP contribution >= 0.6 is 0 Å². The summed E-state index contributed by atoms with van der Waals surface area (Å²) >= 11 is 0. The van der Waals surface area contributed by atoms with Gasteiger partial charge >= 0.3 is 0 Å². The Morgan fingerprint density at radius 1 is 1.44 bits per heavy atom. The predicted octanol–water partition coefficient (Wildman–Crippen LogP) is 0.720. The van der Waals surface area contributed by atoms with E-state index in [2.05, 4.69) is 5.32 Å². The van der Waals surface area contributed by atoms with E-state index in [-0.39, 0.29) is 23.6 Å². The van der Waals surface area contributed by atoms with E-state index in [0.717, 1.165) is 0 Å². The van der Waals surface area contributed by atoms with Gasteiger partial charge in [0, 0.05) is 6.07 Å². The maximum atomic E-state index is 11.5. The molecule has 0 bridgehead atoms. The molecule has 0 aromatic heterocycles. The number of phenols is 1. The third kappa shape index (κ3) is 2.98. The predicted molar refractivity (Wildman–Crippen MR) is 57.7 cm³/mol. The first-order valence-corrected chi connectivity index (χ1v) is 4.69. The summed E-state index contributed by atoms with van der Waals surface area (Å²) in [6.07, 6.45) is 0. The molecule has 0 fully saturated rings. The molecular formula is C11H13NO4. The molecule has 2 N–H and O–H groups in total. The summed E-state index contributed by atoms with van der Waals surface area (Å²) in [5.74, 6) is -0.363. The van der Waals surface area contributed by atoms with Gasteiger partial charge in [0.1, 0.15) is 17.3 Å². The standard InChI is InChI=1S/C11H13NO4/c1-7(13)6-12-11(15)9-4-3-8(16-2)5-10(9)14/h3-5,14H,6H2,1-2H3,(H,12,15). The van der Waals surface area contributed by atoms with Gasteiger partial charge in [-0.15, -0.1) is 0 Å². The maximum Gasteiger partial charge on any atom is 0.255 e. The van der Waals surface area contributed by atoms with Crippen LogP contribution in [0.15, 0.2) is 18.2 Å². The van der Waals surface area contributed by atoms with E-state index >= 15 is 0 Å². The van der Waals surface area contributed by atoms with Crippen molar-refractivity contribution in [3.8, 4) is 11.5 Å². The molecule has 0 radical (unpaired) electrons. The number of Topliss-reactive ketones (excluding diaryl/α,β-unsaturated/α-hetero) is 1. The highest BCUT2D eigenvalue weighted by atomic mass is 16.5. The number of benzene rings is 1. The highest BCUT2D eigenvalue weighted by Crippen LogP contribution is 2.22. The van der Waals surface area contributed by atoms with Crippen LogP contribution in [0.3, 0.4) is 0 Å². The van der Waals surface area contributed by atoms with E-state index in [1.54, 1.807) is 6.07 Å². The van der Waals surface area contributed by atoms with Crippen LogP contribution in [0.2, 0.25) is 0 Å². The van der Waals surface area contributed by atoms with Crippen LogP contribution in [0, 0.1) is 0 Å². The monoisotopic (exact) mass is 223 g/mol. The Kier molecular flexibility index (Phi) is 3.88. The molecule has 0 unspecified atom stereocenters. The molecule has 1 aromatic carbocycles. The van der Waals surface area contributed by atoms with Crippen LogP contribution < -0.4 is 10.1 Å². The highest BCUT2D eigenvalue weighted by Gasteiger charge is 2.11. The van der Waals surface area contributed by atoms with Crippen molar-refractivity contribution in [2.45, 2.75) is 6.92 Å². The molecule has 0 aliphatic carbocycles. The van der Waals surface area contributed by atoms with Gasteiger partial charge in [-0.05, 0) is 19.1 Å². The Balaban J connectivity index is 2.79. The molecule has 5 heteroatoms. The van der Waals surface area contributed by atoms with Gasteiger partial charge in [0.25, 0.3) is 5.91 Å². The highest BCUT2D eigenvalue weighted by molar-refractivity contribution is 5.98. The van der Waals surface area contributed by atoms with Gasteiger partial charge in [0.15, 0.2) is 0 Å². The molecule has 5 nitrogen and oxygen atoms in total. The van der Waals surface area contributed by atoms with Crippen molar-refractivity contribution in [3.05, 3.63) is 23.8 Å². The lowest BCUT2D eigenvalue weighted by atomic mass is 10.2. The average Bonchev–Trinajstić information content (AvgIpc) is 2.25. The minimum Gasteiger partial charge on any atom is -0.507 e. The Morgan fingerprint density at radius 2 is 2.12 bits per heavy atom. The van der Waals surface area contributed by atoms with Crippen molar-refractivity contribution < 1.29 is 19.4 Å². The van der Waals surface area contributed by atoms with Crippen molar-refractivity contribution in [1.29, 1.82) is 0 Å². The second-order valence-electron chi connectivity index (χ2n) is 3.27. The minimum atomic E-state index is -0.490. The van der Waals surface area contributed by atoms with Crippen LogP contribution in [-0.4, -0.2) is 30.5 Å². The number of hydrogen-bond acceptors (Lipinski definition) is 4. The molecule has 1 aromatic rings. The first-order valence-electron chi connectivity index (χ1n) is 4.69. The van der Waals surface area contributed by atoms with E-state index in [1.165, 1.54) is 26.2 Å². The van der Waals surface area contributed by atoms with E-state index in [0.29, 0.717) is 5.75 Å². The molecule has 86 valence electrons. The second kappa shape index (κ2) is 5.16. The first-order chi connectivity index (χ1) is 7.54. The fourth-order valence-electron chi connectivity index (χ4n) is 1.13. The lowest BCUT2D eigenvalue weighted by Crippen LogP contribution is -2.28. The fourth-order valence-corrected chi connectivity index (χ4v) is 1.13. The van der Waals surface area contributed by atoms with Crippen molar-refractivity contribution >= 4 is 11.7 Å². The Hall–Kier alpha value is -2.04. The van der Waals surface area contributed by atoms with Crippen molar-refractivity contribution in [1.82, 2.24) is 5.32 Å². The van der Waals surface area contributed by atoms with E-state index < -0.39 is 5.91 Å². The smallest absolute Gasteiger partial charge is 0.255 e. The lowest BCUT2D eigenvalue weighted by molar-refractivity contribution is -0.116. The molecule has 1 amide bonds. The van der Waals surface area contributed by atoms with Gasteiger partial charge in [-0.25, -0.2) is 0 Å². The van der Waals surface area contributed by atoms with E-state index in [9.17, 15) is 14.7 Å². The van der Waals surface area contributed by atoms with Crippen molar-refractivity contribution in [2.75, 3.05) is 13.7 Å². The number of rotatable bonds is 4. The molecule has 0 aliphatic heterocycles. The number of nitrogens with one attached hydrogen (secondary N) is 1. The molecular weight excluding hydrogens is 210 g/mol. The molecule has 0 saturated heterocycles. The summed E-state index contributed by atoms with van der Waals surface area (Å²) in [4.78, 5) is 22.2. The number of ether oxygens (including phenoxy) is 1. The average molecular weight is 223 g/mol. The van der Waals surface area contributed by atoms with E-state index in [1.807, 2.05) is 0 Å². The molecule has 0 saturated carbocycles. The summed E-state index contributed by atoms with van der Waals surface area (Å²) in [5.41, 5.74) is 0.113. The number of methoxy groups -OCH3 is 1. The zero-order chi connectivity index (χ0) is 12.1. The van der Waals surface area contributed by atoms with Crippen LogP contribution in [0.5, 0.6) is 11.5 Å². The SMILES string of the molecule is COc1ccc(C(=O)NCC(C)=O)c(O)c1. The summed E-state index contributed by atoms with van der Waals surface area (Å²) in [6, 6.07) is 4.33. The number of carbonyl (C=O) groups is 2. The zero-order valence-corrected chi connectivity index (χ0v) is 9.11. The lowest BCUT2D eigenvalue weighted by Gasteiger charge is -2.06. The number of hydrogen-bond donors (Lipinski definition) is 2. The molecule has 1 rings (SSSR count). The summed E-state index contributed by atoms with van der Waals surface area (Å²) < 4.78 is 4.88. The number of ketones is 1. The Bertz CT molecular complexity index is 414. The molecule has 0 aliphatic rings. The van der Waals surface area contributed by atoms with Gasteiger partial charge in [0.2, 0.25) is 0 Å². The second-order valence-corrected chi connectivity index (χ2v) is 3.27. The third-order valence-electron chi connectivity index (χ3n) is 1.95. The number of amides is 1. The largest absolute Gasteiger partial charge is 0.507 e. The number of phenolic OH excluding ortho intramolecular Hbond substituents is 1. The summed E-state index contributed by atoms with van der Waals surface area (Å²) in [6.45, 7) is 1.32. The van der Waals surface area contributed by atoms with Gasteiger partial charge < -0.3 is 15.2 Å². The quantitative estimate of drug-likeness (QED) is 0.788. The van der Waals surface area contributed by atoms with Crippen LogP contribution in [0.1, 0.15) is 17.3 Å². The fraction of sp³-hybridized carbons (Fsp3) is 0.273. The summed E-state index contributed by atoms with van der Waals surface area (Å²) in [5, 5.41) is 11.9. The van der Waals surface area contributed by atoms with Gasteiger partial charge in [-0.3, -0.25) is 9.59 Å². The van der Waals surface area contributed by atoms with Gasteiger partial charge in [-0.2, -0.15) is 0 Å². The first kappa shape index (κ1) is 12.0.